The van der Waals surface area contributed by atoms with Crippen LogP contribution in [-0.2, 0) is 25.5 Å². The van der Waals surface area contributed by atoms with Crippen LogP contribution in [0.4, 0.5) is 4.79 Å². The third kappa shape index (κ3) is 14.7. The Bertz CT molecular complexity index is 866. The fourth-order valence-corrected chi connectivity index (χ4v) is 12.1. The van der Waals surface area contributed by atoms with E-state index >= 15 is 0 Å². The molecule has 2 unspecified atom stereocenters. The molecule has 204 valence electrons. The molecule has 0 spiro atoms. The first-order valence-corrected chi connectivity index (χ1v) is 19.7. The van der Waals surface area contributed by atoms with Gasteiger partial charge in [0, 0.05) is 0 Å². The van der Waals surface area contributed by atoms with E-state index in [4.69, 9.17) is 14.1 Å². The van der Waals surface area contributed by atoms with Crippen LogP contribution in [0.25, 0.3) is 4.65 Å². The van der Waals surface area contributed by atoms with E-state index in [-0.39, 0.29) is 42.1 Å². The maximum Gasteiger partial charge on any atom is 1.00 e. The Morgan fingerprint density at radius 3 is 1.97 bits per heavy atom. The van der Waals surface area contributed by atoms with Crippen LogP contribution in [-0.4, -0.2) is 57.6 Å². The number of amides is 2. The molecule has 2 rings (SSSR count). The van der Waals surface area contributed by atoms with Crippen molar-refractivity contribution in [1.29, 1.82) is 0 Å². The maximum absolute atomic E-state index is 13.1. The van der Waals surface area contributed by atoms with Crippen LogP contribution >= 0.6 is 0 Å². The first-order chi connectivity index (χ1) is 16.3. The summed E-state index contributed by atoms with van der Waals surface area (Å²) < 4.78 is 15.4. The van der Waals surface area contributed by atoms with Gasteiger partial charge in [-0.3, -0.25) is 9.59 Å². The van der Waals surface area contributed by atoms with Gasteiger partial charge >= 0.3 is 41.6 Å². The van der Waals surface area contributed by atoms with Gasteiger partial charge in [-0.05, 0) is 45.1 Å². The standard InChI is InChI=1S/C21H29NO5.C6H18NSi2.Na/c1-14(2)11-17(19(24)27-21(3,4)5)18(23)22-16(13-26-20(22)25)12-15-9-7-6-8-10-15;1-8(2,3)7-9(4,5)6;/h6-10,14,16-17H,11-13H2,1-5H3;1-6H3;/q;-1;+1. The molecule has 2 atom stereocenters. The largest absolute Gasteiger partial charge is 1.00 e. The molecule has 7 nitrogen and oxygen atoms in total. The van der Waals surface area contributed by atoms with Gasteiger partial charge < -0.3 is 14.1 Å². The van der Waals surface area contributed by atoms with Gasteiger partial charge in [0.25, 0.3) is 0 Å². The van der Waals surface area contributed by atoms with Gasteiger partial charge in [0.05, 0.1) is 6.04 Å². The zero-order valence-corrected chi connectivity index (χ0v) is 29.2. The summed E-state index contributed by atoms with van der Waals surface area (Å²) in [5.74, 6) is -2.06. The molecule has 1 aromatic rings. The summed E-state index contributed by atoms with van der Waals surface area (Å²) in [7, 11) is -2.21. The van der Waals surface area contributed by atoms with E-state index in [0.717, 1.165) is 10.5 Å². The average molecular weight is 559 g/mol. The summed E-state index contributed by atoms with van der Waals surface area (Å²) in [5, 5.41) is 0. The number of carbonyl (C=O) groups is 3. The molecule has 1 saturated heterocycles. The van der Waals surface area contributed by atoms with Crippen molar-refractivity contribution in [3.63, 3.8) is 0 Å². The number of rotatable bonds is 8. The molecule has 1 aliphatic heterocycles. The van der Waals surface area contributed by atoms with Gasteiger partial charge in [-0.25, -0.2) is 9.69 Å². The van der Waals surface area contributed by atoms with E-state index in [1.54, 1.807) is 20.8 Å². The molecule has 0 aromatic heterocycles. The van der Waals surface area contributed by atoms with Gasteiger partial charge in [-0.2, -0.15) is 0 Å². The van der Waals surface area contributed by atoms with Gasteiger partial charge in [0.2, 0.25) is 5.91 Å². The van der Waals surface area contributed by atoms with Crippen molar-refractivity contribution in [1.82, 2.24) is 4.90 Å². The monoisotopic (exact) mass is 558 g/mol. The summed E-state index contributed by atoms with van der Waals surface area (Å²) in [6.45, 7) is 23.0. The van der Waals surface area contributed by atoms with E-state index in [0.29, 0.717) is 12.8 Å². The number of nitrogens with zero attached hydrogens (tertiary/aromatic N) is 2. The second-order valence-corrected chi connectivity index (χ2v) is 22.4. The zero-order chi connectivity index (χ0) is 27.9. The quantitative estimate of drug-likeness (QED) is 0.276. The zero-order valence-electron chi connectivity index (χ0n) is 25.2. The van der Waals surface area contributed by atoms with E-state index < -0.39 is 52.0 Å². The minimum atomic E-state index is -1.11. The topological polar surface area (TPSA) is 87.0 Å². The van der Waals surface area contributed by atoms with E-state index in [1.165, 1.54) is 0 Å². The van der Waals surface area contributed by atoms with Crippen LogP contribution in [0, 0.1) is 11.8 Å². The minimum Gasteiger partial charge on any atom is -0.668 e. The molecule has 0 radical (unpaired) electrons. The first-order valence-electron chi connectivity index (χ1n) is 12.8. The van der Waals surface area contributed by atoms with Crippen LogP contribution in [0.3, 0.4) is 0 Å². The van der Waals surface area contributed by atoms with Crippen molar-refractivity contribution in [2.75, 3.05) is 6.61 Å². The Morgan fingerprint density at radius 2 is 1.57 bits per heavy atom. The molecular weight excluding hydrogens is 511 g/mol. The molecule has 1 heterocycles. The van der Waals surface area contributed by atoms with Crippen molar-refractivity contribution in [2.24, 2.45) is 11.8 Å². The molecule has 1 aliphatic rings. The third-order valence-electron chi connectivity index (χ3n) is 4.88. The normalized spacial score (nSPS) is 16.8. The van der Waals surface area contributed by atoms with Gasteiger partial charge in [0.15, 0.2) is 0 Å². The molecule has 1 aromatic carbocycles. The van der Waals surface area contributed by atoms with E-state index in [2.05, 4.69) is 39.3 Å². The van der Waals surface area contributed by atoms with E-state index in [1.807, 2.05) is 44.2 Å². The second kappa shape index (κ2) is 15.0. The average Bonchev–Trinajstić information content (AvgIpc) is 3.02. The molecular formula is C27H47N2NaO5Si2. The molecule has 37 heavy (non-hydrogen) atoms. The van der Waals surface area contributed by atoms with Crippen LogP contribution in [0.15, 0.2) is 30.3 Å². The summed E-state index contributed by atoms with van der Waals surface area (Å²) >= 11 is 0. The van der Waals surface area contributed by atoms with Gasteiger partial charge in [-0.1, -0.05) is 99.9 Å². The molecule has 10 heteroatoms. The number of carbonyl (C=O) groups excluding carboxylic acids is 3. The van der Waals surface area contributed by atoms with Crippen molar-refractivity contribution in [3.8, 4) is 0 Å². The molecule has 2 amide bonds. The summed E-state index contributed by atoms with van der Waals surface area (Å²) in [5.41, 5.74) is 0.290. The molecule has 0 N–H and O–H groups in total. The number of ether oxygens (including phenoxy) is 2. The van der Waals surface area contributed by atoms with Crippen LogP contribution in [0.1, 0.15) is 46.6 Å². The molecule has 0 bridgehead atoms. The maximum atomic E-state index is 13.1. The predicted molar refractivity (Wildman–Crippen MR) is 151 cm³/mol. The predicted octanol–water partition coefficient (Wildman–Crippen LogP) is 3.61. The summed E-state index contributed by atoms with van der Waals surface area (Å²) in [6.07, 6.45) is 0.106. The van der Waals surface area contributed by atoms with Crippen molar-refractivity contribution in [3.05, 3.63) is 40.5 Å². The molecule has 0 saturated carbocycles. The SMILES string of the molecule is CC(C)CC(C(=O)OC(C)(C)C)C(=O)N1C(=O)OCC1Cc1ccccc1.C[Si](C)(C)[N-][Si](C)(C)C.[Na+]. The Labute approximate surface area is 248 Å². The number of hydrogen-bond acceptors (Lipinski definition) is 5. The van der Waals surface area contributed by atoms with Crippen LogP contribution < -0.4 is 29.6 Å². The molecule has 0 aliphatic carbocycles. The second-order valence-electron chi connectivity index (χ2n) is 12.8. The van der Waals surface area contributed by atoms with Crippen molar-refractivity contribution in [2.45, 2.75) is 98.4 Å². The number of benzene rings is 1. The Hall–Kier alpha value is -0.976. The Kier molecular flexibility index (Phi) is 14.6. The Balaban J connectivity index is 0.00000111. The minimum absolute atomic E-state index is 0. The van der Waals surface area contributed by atoms with Crippen molar-refractivity contribution < 1.29 is 53.4 Å². The van der Waals surface area contributed by atoms with Gasteiger partial charge in [-0.15, -0.1) is 0 Å². The number of hydrogen-bond donors (Lipinski definition) is 0. The molecule has 1 fully saturated rings. The van der Waals surface area contributed by atoms with Crippen LogP contribution in [0.5, 0.6) is 0 Å². The Morgan fingerprint density at radius 1 is 1.05 bits per heavy atom. The fraction of sp³-hybridized carbons (Fsp3) is 0.667. The fourth-order valence-electron chi connectivity index (χ4n) is 4.08. The number of imide groups is 1. The first kappa shape index (κ1) is 36.0. The van der Waals surface area contributed by atoms with Crippen molar-refractivity contribution >= 4 is 34.4 Å². The van der Waals surface area contributed by atoms with E-state index in [9.17, 15) is 14.4 Å². The third-order valence-corrected chi connectivity index (χ3v) is 10.2. The van der Waals surface area contributed by atoms with Gasteiger partial charge in [0.1, 0.15) is 18.1 Å². The summed E-state index contributed by atoms with van der Waals surface area (Å²) in [4.78, 5) is 39.1. The number of cyclic esters (lactones) is 1. The number of esters is 1. The summed E-state index contributed by atoms with van der Waals surface area (Å²) in [6, 6.07) is 9.16. The smallest absolute Gasteiger partial charge is 0.668 e. The van der Waals surface area contributed by atoms with Crippen LogP contribution in [0.2, 0.25) is 39.3 Å².